The van der Waals surface area contributed by atoms with E-state index < -0.39 is 17.2 Å². The van der Waals surface area contributed by atoms with E-state index in [4.69, 9.17) is 20.3 Å². The molecule has 20 heteroatoms. The molecule has 2 aliphatic rings. The van der Waals surface area contributed by atoms with Gasteiger partial charge in [0.15, 0.2) is 11.6 Å². The molecule has 0 unspecified atom stereocenters. The van der Waals surface area contributed by atoms with Gasteiger partial charge in [-0.1, -0.05) is 19.0 Å². The molecule has 0 bridgehead atoms. The number of fused-ring (bicyclic) bond motifs is 2. The lowest BCUT2D eigenvalue weighted by Crippen LogP contribution is -2.45. The Morgan fingerprint density at radius 1 is 0.851 bits per heavy atom. The van der Waals surface area contributed by atoms with Crippen molar-refractivity contribution in [3.63, 3.8) is 0 Å². The second-order valence-electron chi connectivity index (χ2n) is 18.2. The maximum atomic E-state index is 14.7. The van der Waals surface area contributed by atoms with Crippen molar-refractivity contribution in [1.29, 1.82) is 5.26 Å². The minimum atomic E-state index is -0.520. The summed E-state index contributed by atoms with van der Waals surface area (Å²) in [6, 6.07) is 15.2. The summed E-state index contributed by atoms with van der Waals surface area (Å²) in [7, 11) is 0. The Morgan fingerprint density at radius 2 is 1.40 bits per heavy atom. The normalized spacial score (nSPS) is 15.3. The third kappa shape index (κ3) is 11.5. The van der Waals surface area contributed by atoms with Crippen LogP contribution in [0.5, 0.6) is 0 Å². The Bertz CT molecular complexity index is 2870. The van der Waals surface area contributed by atoms with Crippen LogP contribution in [0.4, 0.5) is 36.6 Å². The van der Waals surface area contributed by atoms with Gasteiger partial charge in [-0.05, 0) is 119 Å². The molecule has 2 aliphatic heterocycles. The van der Waals surface area contributed by atoms with Gasteiger partial charge in [0.05, 0.1) is 23.0 Å². The summed E-state index contributed by atoms with van der Waals surface area (Å²) in [5.41, 5.74) is 10.6. The van der Waals surface area contributed by atoms with Crippen molar-refractivity contribution < 1.29 is 22.8 Å². The molecule has 2 saturated heterocycles. The summed E-state index contributed by atoms with van der Waals surface area (Å²) >= 11 is 0. The van der Waals surface area contributed by atoms with Gasteiger partial charge in [0, 0.05) is 62.1 Å². The summed E-state index contributed by atoms with van der Waals surface area (Å²) in [5, 5.41) is 30.9. The van der Waals surface area contributed by atoms with E-state index in [1.807, 2.05) is 65.2 Å². The Labute approximate surface area is 386 Å². The number of nitrogens with one attached hydrogen (secondary N) is 3. The van der Waals surface area contributed by atoms with Crippen LogP contribution in [0, 0.1) is 23.0 Å². The Morgan fingerprint density at radius 3 is 1.94 bits per heavy atom. The maximum absolute atomic E-state index is 14.7. The molecule has 0 aliphatic carbocycles. The monoisotopic (exact) mass is 915 g/mol. The number of hydrogen-bond donors (Lipinski definition) is 4. The van der Waals surface area contributed by atoms with E-state index in [-0.39, 0.29) is 35.5 Å². The first-order valence-electron chi connectivity index (χ1n) is 22.4. The van der Waals surface area contributed by atoms with Gasteiger partial charge in [-0.2, -0.15) is 20.4 Å². The van der Waals surface area contributed by atoms with Crippen molar-refractivity contribution in [1.82, 2.24) is 54.5 Å². The molecule has 0 radical (unpaired) electrons. The topological polar surface area (TPSA) is 218 Å². The van der Waals surface area contributed by atoms with Crippen molar-refractivity contribution in [2.75, 3.05) is 36.8 Å². The highest BCUT2D eigenvalue weighted by atomic mass is 19.1. The van der Waals surface area contributed by atoms with Crippen molar-refractivity contribution in [2.24, 2.45) is 5.73 Å². The van der Waals surface area contributed by atoms with E-state index in [2.05, 4.69) is 56.1 Å². The van der Waals surface area contributed by atoms with Crippen LogP contribution in [0.2, 0.25) is 0 Å². The van der Waals surface area contributed by atoms with Crippen LogP contribution >= 0.6 is 0 Å². The third-order valence-corrected chi connectivity index (χ3v) is 11.6. The van der Waals surface area contributed by atoms with Gasteiger partial charge in [-0.3, -0.25) is 9.80 Å². The second-order valence-corrected chi connectivity index (χ2v) is 18.2. The number of hydrogen-bond acceptors (Lipinski definition) is 15. The number of nitrogens with two attached hydrogens (primary N) is 1. The van der Waals surface area contributed by atoms with Crippen LogP contribution in [0.1, 0.15) is 88.8 Å². The van der Waals surface area contributed by atoms with E-state index in [0.717, 1.165) is 80.6 Å². The van der Waals surface area contributed by atoms with Crippen molar-refractivity contribution in [2.45, 2.75) is 97.0 Å². The maximum Gasteiger partial charge on any atom is 0.407 e. The average molecular weight is 916 g/mol. The standard InChI is InChI=1S/C24H28FN7O2.C23H27FN8O/c1-24(2,3)34-23(33)29-18-7-9-31(10-8-18)14-17-6-11-32-21(17)22(27-15-28-32)30-20-12-16(13-26)4-5-19(20)25;1-14(2)23-29-21(30-33-23)15-3-4-18(24)19(11-15)28-22-20-16(5-10-32(20)27-13-26-22)12-31-8-6-17(25)7-9-31/h4-6,11-12,15,18H,7-10,14H2,1-3H3,(H,29,33)(H,27,28,30);3-5,10-11,13-14,17H,6-9,12,25H2,1-2H3,(H,26,27,28). The van der Waals surface area contributed by atoms with Crippen LogP contribution in [-0.4, -0.2) is 99.1 Å². The summed E-state index contributed by atoms with van der Waals surface area (Å²) in [4.78, 5) is 29.9. The molecular weight excluding hydrogens is 861 g/mol. The smallest absolute Gasteiger partial charge is 0.407 e. The predicted octanol–water partition coefficient (Wildman–Crippen LogP) is 7.68. The van der Waals surface area contributed by atoms with Gasteiger partial charge in [-0.25, -0.2) is 32.6 Å². The van der Waals surface area contributed by atoms with Crippen LogP contribution < -0.4 is 21.7 Å². The van der Waals surface area contributed by atoms with Gasteiger partial charge in [0.25, 0.3) is 0 Å². The fourth-order valence-corrected chi connectivity index (χ4v) is 8.07. The molecule has 0 atom stereocenters. The van der Waals surface area contributed by atoms with Gasteiger partial charge in [0.1, 0.15) is 40.9 Å². The third-order valence-electron chi connectivity index (χ3n) is 11.6. The van der Waals surface area contributed by atoms with E-state index in [1.165, 1.54) is 36.9 Å². The minimum Gasteiger partial charge on any atom is -0.444 e. The van der Waals surface area contributed by atoms with E-state index in [0.29, 0.717) is 41.0 Å². The van der Waals surface area contributed by atoms with Crippen molar-refractivity contribution in [3.05, 3.63) is 108 Å². The van der Waals surface area contributed by atoms with Gasteiger partial charge < -0.3 is 30.9 Å². The van der Waals surface area contributed by atoms with E-state index in [1.54, 1.807) is 21.2 Å². The Kier molecular flexibility index (Phi) is 14.0. The molecule has 0 saturated carbocycles. The molecule has 0 spiro atoms. The van der Waals surface area contributed by atoms with E-state index >= 15 is 0 Å². The van der Waals surface area contributed by atoms with Gasteiger partial charge in [0.2, 0.25) is 11.7 Å². The number of alkyl carbamates (subject to hydrolysis) is 1. The number of carbonyl (C=O) groups excluding carboxylic acids is 1. The molecule has 18 nitrogen and oxygen atoms in total. The Hall–Kier alpha value is -7.08. The summed E-state index contributed by atoms with van der Waals surface area (Å²) < 4.78 is 43.2. The molecule has 7 aromatic rings. The lowest BCUT2D eigenvalue weighted by Gasteiger charge is -2.32. The lowest BCUT2D eigenvalue weighted by atomic mass is 10.0. The number of carbonyl (C=O) groups is 1. The number of piperidine rings is 2. The number of anilines is 4. The summed E-state index contributed by atoms with van der Waals surface area (Å²) in [5.74, 6) is 1.20. The first-order chi connectivity index (χ1) is 32.2. The van der Waals surface area contributed by atoms with Crippen molar-refractivity contribution >= 4 is 40.1 Å². The molecule has 5 N–H and O–H groups in total. The molecule has 1 amide bonds. The van der Waals surface area contributed by atoms with Crippen LogP contribution in [0.3, 0.4) is 0 Å². The molecule has 2 fully saturated rings. The number of nitrogens with zero attached hydrogens (tertiary/aromatic N) is 11. The zero-order valence-corrected chi connectivity index (χ0v) is 38.2. The van der Waals surface area contributed by atoms with E-state index in [9.17, 15) is 13.6 Å². The molecular formula is C47H55F2N15O3. The predicted molar refractivity (Wildman–Crippen MR) is 248 cm³/mol. The average Bonchev–Trinajstić information content (AvgIpc) is 4.07. The van der Waals surface area contributed by atoms with Crippen LogP contribution in [0.15, 0.2) is 78.1 Å². The minimum absolute atomic E-state index is 0.0767. The highest BCUT2D eigenvalue weighted by Crippen LogP contribution is 2.31. The fourth-order valence-electron chi connectivity index (χ4n) is 8.07. The molecule has 7 heterocycles. The zero-order chi connectivity index (χ0) is 47.2. The zero-order valence-electron chi connectivity index (χ0n) is 38.2. The largest absolute Gasteiger partial charge is 0.444 e. The quantitative estimate of drug-likeness (QED) is 0.0978. The van der Waals surface area contributed by atoms with Gasteiger partial charge >= 0.3 is 6.09 Å². The number of likely N-dealkylation sites (tertiary alicyclic amines) is 2. The second kappa shape index (κ2) is 20.2. The number of ether oxygens (including phenoxy) is 1. The number of benzene rings is 2. The number of aromatic nitrogens is 8. The fraction of sp³-hybridized carbons (Fsp3) is 0.404. The number of nitriles is 1. The number of halogens is 2. The van der Waals surface area contributed by atoms with Crippen molar-refractivity contribution in [3.8, 4) is 17.5 Å². The molecule has 67 heavy (non-hydrogen) atoms. The highest BCUT2D eigenvalue weighted by Gasteiger charge is 2.25. The highest BCUT2D eigenvalue weighted by molar-refractivity contribution is 5.79. The summed E-state index contributed by atoms with van der Waals surface area (Å²) in [6.07, 6.45) is 9.82. The molecule has 5 aromatic heterocycles. The molecule has 350 valence electrons. The van der Waals surface area contributed by atoms with Crippen LogP contribution in [0.25, 0.3) is 22.4 Å². The lowest BCUT2D eigenvalue weighted by molar-refractivity contribution is 0.0477. The number of rotatable bonds is 11. The SMILES string of the molecule is CC(C)(C)OC(=O)NC1CCN(Cc2ccn3ncnc(Nc4cc(C#N)ccc4F)c23)CC1.CC(C)c1nc(-c2ccc(F)c(Nc3ncnn4ccc(CN5CCC(N)CC5)c34)c2)no1. The summed E-state index contributed by atoms with van der Waals surface area (Å²) in [6.45, 7) is 14.4. The first-order valence-corrected chi connectivity index (χ1v) is 22.4. The Balaban J connectivity index is 0.000000182. The number of amides is 1. The van der Waals surface area contributed by atoms with Gasteiger partial charge in [-0.15, -0.1) is 0 Å². The van der Waals surface area contributed by atoms with Crippen LogP contribution in [-0.2, 0) is 17.8 Å². The molecule has 9 rings (SSSR count). The first kappa shape index (κ1) is 46.4. The molecule has 2 aromatic carbocycles.